The Kier molecular flexibility index (Phi) is 9.48. The first-order valence-electron chi connectivity index (χ1n) is 11.7. The van der Waals surface area contributed by atoms with Gasteiger partial charge in [-0.25, -0.2) is 0 Å². The van der Waals surface area contributed by atoms with E-state index in [0.717, 1.165) is 37.0 Å². The average molecular weight is 510 g/mol. The summed E-state index contributed by atoms with van der Waals surface area (Å²) in [4.78, 5) is 12.8. The second-order valence-electron chi connectivity index (χ2n) is 8.19. The molecule has 0 bridgehead atoms. The molecule has 2 aromatic carbocycles. The van der Waals surface area contributed by atoms with Crippen molar-refractivity contribution in [2.75, 3.05) is 19.5 Å². The number of carbonyl (C=O) groups is 1. The fourth-order valence-corrected chi connectivity index (χ4v) is 4.87. The molecule has 0 saturated carbocycles. The Balaban J connectivity index is 1.62. The number of methoxy groups -OCH3 is 1. The molecule has 0 fully saturated rings. The van der Waals surface area contributed by atoms with Crippen molar-refractivity contribution in [3.8, 4) is 5.75 Å². The molecule has 3 aromatic rings. The number of aromatic nitrogens is 1. The van der Waals surface area contributed by atoms with Crippen LogP contribution in [-0.4, -0.2) is 30.6 Å². The highest BCUT2D eigenvalue weighted by atomic mass is 32.2. The summed E-state index contributed by atoms with van der Waals surface area (Å²) in [6.45, 7) is 4.50. The average Bonchev–Trinajstić information content (AvgIpc) is 3.26. The molecule has 35 heavy (non-hydrogen) atoms. The van der Waals surface area contributed by atoms with Crippen molar-refractivity contribution < 1.29 is 32.0 Å². The van der Waals surface area contributed by atoms with E-state index in [-0.39, 0.29) is 23.4 Å². The zero-order valence-electron chi connectivity index (χ0n) is 20.2. The second-order valence-corrected chi connectivity index (χ2v) is 9.33. The van der Waals surface area contributed by atoms with Crippen molar-refractivity contribution in [2.24, 2.45) is 0 Å². The molecule has 1 aromatic heterocycles. The standard InChI is InChI=1S/C26H30F3NO4S/c1-4-7-18-15-17(16-23(31)32-3)9-12-22(18)35-14-6-13-33-21-11-10-20-24(19(21)8-5-2)34-30-25(20)26(27,28)29/h9-12,15H,4-8,13-14,16H2,1-3H3. The fourth-order valence-electron chi connectivity index (χ4n) is 3.88. The summed E-state index contributed by atoms with van der Waals surface area (Å²) in [6.07, 6.45) is -0.363. The van der Waals surface area contributed by atoms with Gasteiger partial charge in [0.25, 0.3) is 0 Å². The molecule has 0 saturated heterocycles. The van der Waals surface area contributed by atoms with Crippen LogP contribution in [0.15, 0.2) is 39.8 Å². The van der Waals surface area contributed by atoms with Gasteiger partial charge >= 0.3 is 12.1 Å². The van der Waals surface area contributed by atoms with Crippen molar-refractivity contribution in [3.05, 3.63) is 52.7 Å². The van der Waals surface area contributed by atoms with Crippen LogP contribution < -0.4 is 4.74 Å². The van der Waals surface area contributed by atoms with Crippen molar-refractivity contribution in [2.45, 2.75) is 63.4 Å². The molecular weight excluding hydrogens is 479 g/mol. The van der Waals surface area contributed by atoms with Crippen molar-refractivity contribution >= 4 is 28.7 Å². The summed E-state index contributed by atoms with van der Waals surface area (Å²) in [6, 6.07) is 9.01. The van der Waals surface area contributed by atoms with Gasteiger partial charge in [-0.2, -0.15) is 13.2 Å². The van der Waals surface area contributed by atoms with E-state index in [0.29, 0.717) is 24.3 Å². The Morgan fingerprint density at radius 1 is 1.11 bits per heavy atom. The summed E-state index contributed by atoms with van der Waals surface area (Å²) >= 11 is 1.73. The SMILES string of the molecule is CCCc1cc(CC(=O)OC)ccc1SCCCOc1ccc2c(C(F)(F)F)noc2c1CCC. The third kappa shape index (κ3) is 6.93. The predicted molar refractivity (Wildman–Crippen MR) is 130 cm³/mol. The van der Waals surface area contributed by atoms with Gasteiger partial charge in [-0.1, -0.05) is 44.0 Å². The van der Waals surface area contributed by atoms with Crippen molar-refractivity contribution in [3.63, 3.8) is 0 Å². The normalized spacial score (nSPS) is 11.7. The lowest BCUT2D eigenvalue weighted by Crippen LogP contribution is -2.06. The van der Waals surface area contributed by atoms with E-state index in [9.17, 15) is 18.0 Å². The lowest BCUT2D eigenvalue weighted by Gasteiger charge is -2.13. The quantitative estimate of drug-likeness (QED) is 0.148. The molecule has 0 aliphatic carbocycles. The summed E-state index contributed by atoms with van der Waals surface area (Å²) in [5, 5.41) is 3.22. The first-order chi connectivity index (χ1) is 16.8. The number of fused-ring (bicyclic) bond motifs is 1. The Bertz CT molecular complexity index is 1140. The van der Waals surface area contributed by atoms with Gasteiger partial charge in [0.05, 0.1) is 25.5 Å². The summed E-state index contributed by atoms with van der Waals surface area (Å²) in [5.74, 6) is 1.09. The maximum Gasteiger partial charge on any atom is 0.437 e. The van der Waals surface area contributed by atoms with Gasteiger partial charge in [-0.15, -0.1) is 11.8 Å². The lowest BCUT2D eigenvalue weighted by molar-refractivity contribution is -0.141. The Hall–Kier alpha value is -2.68. The minimum Gasteiger partial charge on any atom is -0.493 e. The number of carbonyl (C=O) groups excluding carboxylic acids is 1. The summed E-state index contributed by atoms with van der Waals surface area (Å²) in [5.41, 5.74) is 1.90. The lowest BCUT2D eigenvalue weighted by atomic mass is 10.0. The molecule has 0 aliphatic rings. The molecule has 190 valence electrons. The topological polar surface area (TPSA) is 61.6 Å². The van der Waals surface area contributed by atoms with E-state index in [4.69, 9.17) is 14.0 Å². The number of benzene rings is 2. The van der Waals surface area contributed by atoms with Gasteiger partial charge in [0.1, 0.15) is 5.75 Å². The third-order valence-corrected chi connectivity index (χ3v) is 6.70. The molecule has 9 heteroatoms. The zero-order valence-corrected chi connectivity index (χ0v) is 21.0. The van der Waals surface area contributed by atoms with E-state index in [1.807, 2.05) is 19.1 Å². The van der Waals surface area contributed by atoms with Crippen LogP contribution in [0.5, 0.6) is 5.75 Å². The smallest absolute Gasteiger partial charge is 0.437 e. The van der Waals surface area contributed by atoms with E-state index in [1.165, 1.54) is 23.6 Å². The van der Waals surface area contributed by atoms with Crippen LogP contribution in [0.2, 0.25) is 0 Å². The van der Waals surface area contributed by atoms with Gasteiger partial charge in [-0.3, -0.25) is 4.79 Å². The molecule has 0 radical (unpaired) electrons. The molecule has 0 N–H and O–H groups in total. The fraction of sp³-hybridized carbons (Fsp3) is 0.462. The Morgan fingerprint density at radius 3 is 2.57 bits per heavy atom. The van der Waals surface area contributed by atoms with E-state index in [2.05, 4.69) is 18.1 Å². The van der Waals surface area contributed by atoms with E-state index in [1.54, 1.807) is 17.8 Å². The monoisotopic (exact) mass is 509 g/mol. The molecule has 0 spiro atoms. The summed E-state index contributed by atoms with van der Waals surface area (Å²) < 4.78 is 55.4. The van der Waals surface area contributed by atoms with Gasteiger partial charge in [0, 0.05) is 16.2 Å². The van der Waals surface area contributed by atoms with Gasteiger partial charge in [0.2, 0.25) is 0 Å². The van der Waals surface area contributed by atoms with Crippen molar-refractivity contribution in [1.82, 2.24) is 5.16 Å². The van der Waals surface area contributed by atoms with Gasteiger partial charge in [-0.05, 0) is 48.6 Å². The number of nitrogens with zero attached hydrogens (tertiary/aromatic N) is 1. The van der Waals surface area contributed by atoms with Gasteiger partial charge < -0.3 is 14.0 Å². The minimum absolute atomic E-state index is 0.0389. The Morgan fingerprint density at radius 2 is 1.89 bits per heavy atom. The van der Waals surface area contributed by atoms with Crippen LogP contribution in [0, 0.1) is 0 Å². The number of ether oxygens (including phenoxy) is 2. The molecule has 5 nitrogen and oxygen atoms in total. The second kappa shape index (κ2) is 12.3. The van der Waals surface area contributed by atoms with Crippen LogP contribution >= 0.6 is 11.8 Å². The molecule has 0 atom stereocenters. The highest BCUT2D eigenvalue weighted by Gasteiger charge is 2.37. The highest BCUT2D eigenvalue weighted by Crippen LogP contribution is 2.38. The number of esters is 1. The number of alkyl halides is 3. The molecule has 0 aliphatic heterocycles. The van der Waals surface area contributed by atoms with Crippen LogP contribution in [0.3, 0.4) is 0 Å². The van der Waals surface area contributed by atoms with Gasteiger partial charge in [0.15, 0.2) is 11.3 Å². The number of hydrogen-bond donors (Lipinski definition) is 0. The zero-order chi connectivity index (χ0) is 25.4. The molecule has 3 rings (SSSR count). The van der Waals surface area contributed by atoms with E-state index >= 15 is 0 Å². The molecule has 0 amide bonds. The predicted octanol–water partition coefficient (Wildman–Crippen LogP) is 7.03. The number of halogens is 3. The molecular formula is C26H30F3NO4S. The van der Waals surface area contributed by atoms with Crippen molar-refractivity contribution in [1.29, 1.82) is 0 Å². The highest BCUT2D eigenvalue weighted by molar-refractivity contribution is 7.99. The Labute approximate surface area is 207 Å². The number of thioether (sulfide) groups is 1. The summed E-state index contributed by atoms with van der Waals surface area (Å²) in [7, 11) is 1.39. The molecule has 0 unspecified atom stereocenters. The van der Waals surface area contributed by atoms with Crippen LogP contribution in [-0.2, 0) is 35.0 Å². The van der Waals surface area contributed by atoms with Crippen LogP contribution in [0.4, 0.5) is 13.2 Å². The third-order valence-electron chi connectivity index (χ3n) is 5.49. The maximum atomic E-state index is 13.2. The minimum atomic E-state index is -4.57. The number of hydrogen-bond acceptors (Lipinski definition) is 6. The first kappa shape index (κ1) is 26.9. The largest absolute Gasteiger partial charge is 0.493 e. The maximum absolute atomic E-state index is 13.2. The molecule has 1 heterocycles. The van der Waals surface area contributed by atoms with Crippen LogP contribution in [0.1, 0.15) is 55.5 Å². The number of aryl methyl sites for hydroxylation is 2. The van der Waals surface area contributed by atoms with Crippen LogP contribution in [0.25, 0.3) is 11.0 Å². The first-order valence-corrected chi connectivity index (χ1v) is 12.7. The van der Waals surface area contributed by atoms with E-state index < -0.39 is 11.9 Å². The number of rotatable bonds is 12.